The largest absolute Gasteiger partial charge is 0.493 e. The molecule has 1 aromatic carbocycles. The summed E-state index contributed by atoms with van der Waals surface area (Å²) in [5, 5.41) is 18.5. The van der Waals surface area contributed by atoms with Crippen LogP contribution in [0.1, 0.15) is 26.3 Å². The minimum Gasteiger partial charge on any atom is -0.493 e. The van der Waals surface area contributed by atoms with Gasteiger partial charge in [-0.1, -0.05) is 26.8 Å². The third-order valence-corrected chi connectivity index (χ3v) is 2.61. The van der Waals surface area contributed by atoms with Gasteiger partial charge < -0.3 is 19.5 Å². The molecule has 0 aliphatic rings. The van der Waals surface area contributed by atoms with Gasteiger partial charge in [0.1, 0.15) is 0 Å². The summed E-state index contributed by atoms with van der Waals surface area (Å²) in [5.41, 5.74) is 1.10. The van der Waals surface area contributed by atoms with Crippen LogP contribution >= 0.6 is 0 Å². The molecular weight excluding hydrogens is 219 g/mol. The van der Waals surface area contributed by atoms with Gasteiger partial charge in [-0.25, -0.2) is 0 Å². The SMILES string of the molecule is COc1cc(B(O)O)cc(C(C)(C)C)c1OC. The molecule has 0 aromatic heterocycles. The lowest BCUT2D eigenvalue weighted by Gasteiger charge is -2.24. The zero-order chi connectivity index (χ0) is 13.2. The fraction of sp³-hybridized carbons (Fsp3) is 0.500. The lowest BCUT2D eigenvalue weighted by Crippen LogP contribution is -2.31. The van der Waals surface area contributed by atoms with Crippen LogP contribution in [0.25, 0.3) is 0 Å². The maximum Gasteiger partial charge on any atom is 0.488 e. The van der Waals surface area contributed by atoms with Crippen molar-refractivity contribution in [1.82, 2.24) is 0 Å². The van der Waals surface area contributed by atoms with Crippen molar-refractivity contribution in [3.63, 3.8) is 0 Å². The molecule has 4 nitrogen and oxygen atoms in total. The van der Waals surface area contributed by atoms with E-state index in [1.54, 1.807) is 19.2 Å². The first-order valence-electron chi connectivity index (χ1n) is 5.43. The predicted octanol–water partition coefficient (Wildman–Crippen LogP) is 0.681. The van der Waals surface area contributed by atoms with Crippen LogP contribution in [0.2, 0.25) is 0 Å². The summed E-state index contributed by atoms with van der Waals surface area (Å²) in [6, 6.07) is 3.30. The van der Waals surface area contributed by atoms with E-state index in [0.717, 1.165) is 5.56 Å². The van der Waals surface area contributed by atoms with Crippen LogP contribution in [-0.4, -0.2) is 31.4 Å². The van der Waals surface area contributed by atoms with Crippen LogP contribution in [0.15, 0.2) is 12.1 Å². The molecular formula is C12H19BO4. The summed E-state index contributed by atoms with van der Waals surface area (Å²) in [7, 11) is 1.58. The summed E-state index contributed by atoms with van der Waals surface area (Å²) in [5.74, 6) is 1.13. The Balaban J connectivity index is 3.48. The summed E-state index contributed by atoms with van der Waals surface area (Å²) in [4.78, 5) is 0. The summed E-state index contributed by atoms with van der Waals surface area (Å²) >= 11 is 0. The molecule has 0 spiro atoms. The number of methoxy groups -OCH3 is 2. The van der Waals surface area contributed by atoms with E-state index in [2.05, 4.69) is 0 Å². The van der Waals surface area contributed by atoms with Gasteiger partial charge in [-0.15, -0.1) is 0 Å². The lowest BCUT2D eigenvalue weighted by atomic mass is 9.75. The van der Waals surface area contributed by atoms with Crippen LogP contribution in [0.5, 0.6) is 11.5 Å². The van der Waals surface area contributed by atoms with Gasteiger partial charge >= 0.3 is 7.12 Å². The minimum atomic E-state index is -1.52. The van der Waals surface area contributed by atoms with Crippen molar-refractivity contribution in [3.05, 3.63) is 17.7 Å². The molecule has 0 saturated heterocycles. The zero-order valence-corrected chi connectivity index (χ0v) is 10.9. The molecule has 0 radical (unpaired) electrons. The summed E-state index contributed by atoms with van der Waals surface area (Å²) < 4.78 is 10.6. The number of ether oxygens (including phenoxy) is 2. The van der Waals surface area contributed by atoms with Crippen molar-refractivity contribution in [3.8, 4) is 11.5 Å². The average Bonchev–Trinajstić information content (AvgIpc) is 2.25. The molecule has 5 heteroatoms. The first kappa shape index (κ1) is 13.9. The van der Waals surface area contributed by atoms with Crippen LogP contribution in [0.3, 0.4) is 0 Å². The maximum absolute atomic E-state index is 9.26. The minimum absolute atomic E-state index is 0.177. The normalized spacial score (nSPS) is 11.2. The highest BCUT2D eigenvalue weighted by atomic mass is 16.5. The van der Waals surface area contributed by atoms with Gasteiger partial charge in [-0.3, -0.25) is 0 Å². The van der Waals surface area contributed by atoms with Crippen molar-refractivity contribution in [2.24, 2.45) is 0 Å². The van der Waals surface area contributed by atoms with Crippen molar-refractivity contribution < 1.29 is 19.5 Å². The molecule has 0 unspecified atom stereocenters. The smallest absolute Gasteiger partial charge is 0.488 e. The van der Waals surface area contributed by atoms with Crippen molar-refractivity contribution in [2.75, 3.05) is 14.2 Å². The quantitative estimate of drug-likeness (QED) is 0.760. The fourth-order valence-electron chi connectivity index (χ4n) is 1.69. The molecule has 0 aliphatic carbocycles. The van der Waals surface area contributed by atoms with E-state index in [0.29, 0.717) is 17.0 Å². The second-order valence-electron chi connectivity index (χ2n) is 4.93. The third kappa shape index (κ3) is 2.93. The Kier molecular flexibility index (Phi) is 4.06. The van der Waals surface area contributed by atoms with Crippen molar-refractivity contribution in [2.45, 2.75) is 26.2 Å². The van der Waals surface area contributed by atoms with Gasteiger partial charge in [0.25, 0.3) is 0 Å². The molecule has 0 atom stereocenters. The van der Waals surface area contributed by atoms with Crippen molar-refractivity contribution >= 4 is 12.6 Å². The van der Waals surface area contributed by atoms with E-state index in [-0.39, 0.29) is 5.41 Å². The lowest BCUT2D eigenvalue weighted by molar-refractivity contribution is 0.345. The predicted molar refractivity (Wildman–Crippen MR) is 68.1 cm³/mol. The standard InChI is InChI=1S/C12H19BO4/c1-12(2,3)9-6-8(13(14)15)7-10(16-4)11(9)17-5/h6-7,14-15H,1-5H3. The molecule has 0 saturated carbocycles. The molecule has 0 aliphatic heterocycles. The molecule has 1 aromatic rings. The molecule has 0 fully saturated rings. The maximum atomic E-state index is 9.26. The topological polar surface area (TPSA) is 58.9 Å². The monoisotopic (exact) mass is 238 g/mol. The molecule has 0 amide bonds. The summed E-state index contributed by atoms with van der Waals surface area (Å²) in [6.45, 7) is 6.08. The Bertz CT molecular complexity index is 396. The highest BCUT2D eigenvalue weighted by Crippen LogP contribution is 2.37. The first-order valence-corrected chi connectivity index (χ1v) is 5.43. The van der Waals surface area contributed by atoms with Crippen LogP contribution in [0.4, 0.5) is 0 Å². The molecule has 2 N–H and O–H groups in total. The Morgan fingerprint density at radius 3 is 2.00 bits per heavy atom. The second kappa shape index (κ2) is 4.98. The van der Waals surface area contributed by atoms with E-state index in [1.807, 2.05) is 20.8 Å². The van der Waals surface area contributed by atoms with Gasteiger partial charge in [0, 0.05) is 5.56 Å². The Labute approximate surface area is 102 Å². The molecule has 94 valence electrons. The van der Waals surface area contributed by atoms with Gasteiger partial charge in [-0.05, 0) is 16.9 Å². The fourth-order valence-corrected chi connectivity index (χ4v) is 1.69. The second-order valence-corrected chi connectivity index (χ2v) is 4.93. The van der Waals surface area contributed by atoms with E-state index < -0.39 is 7.12 Å². The van der Waals surface area contributed by atoms with Gasteiger partial charge in [0.2, 0.25) is 0 Å². The van der Waals surface area contributed by atoms with E-state index >= 15 is 0 Å². The Morgan fingerprint density at radius 1 is 1.06 bits per heavy atom. The molecule has 17 heavy (non-hydrogen) atoms. The van der Waals surface area contributed by atoms with E-state index in [9.17, 15) is 10.0 Å². The Morgan fingerprint density at radius 2 is 1.65 bits per heavy atom. The third-order valence-electron chi connectivity index (χ3n) is 2.61. The first-order chi connectivity index (χ1) is 7.81. The van der Waals surface area contributed by atoms with Gasteiger partial charge in [0.15, 0.2) is 11.5 Å². The van der Waals surface area contributed by atoms with Crippen LogP contribution in [0, 0.1) is 0 Å². The van der Waals surface area contributed by atoms with E-state index in [4.69, 9.17) is 9.47 Å². The molecule has 1 rings (SSSR count). The highest BCUT2D eigenvalue weighted by molar-refractivity contribution is 6.58. The number of benzene rings is 1. The van der Waals surface area contributed by atoms with Crippen molar-refractivity contribution in [1.29, 1.82) is 0 Å². The van der Waals surface area contributed by atoms with Crippen LogP contribution in [-0.2, 0) is 5.41 Å². The van der Waals surface area contributed by atoms with Crippen LogP contribution < -0.4 is 14.9 Å². The Hall–Kier alpha value is -1.20. The van der Waals surface area contributed by atoms with Gasteiger partial charge in [0.05, 0.1) is 14.2 Å². The van der Waals surface area contributed by atoms with E-state index in [1.165, 1.54) is 7.11 Å². The number of rotatable bonds is 3. The van der Waals surface area contributed by atoms with Gasteiger partial charge in [-0.2, -0.15) is 0 Å². The molecule has 0 heterocycles. The molecule has 0 bridgehead atoms. The number of hydrogen-bond donors (Lipinski definition) is 2. The zero-order valence-electron chi connectivity index (χ0n) is 10.9. The highest BCUT2D eigenvalue weighted by Gasteiger charge is 2.25. The average molecular weight is 238 g/mol. The number of hydrogen-bond acceptors (Lipinski definition) is 4. The summed E-state index contributed by atoms with van der Waals surface area (Å²) in [6.07, 6.45) is 0.